The van der Waals surface area contributed by atoms with E-state index in [1.54, 1.807) is 30.8 Å². The molecule has 1 aromatic carbocycles. The van der Waals surface area contributed by atoms with Gasteiger partial charge in [-0.3, -0.25) is 9.69 Å². The van der Waals surface area contributed by atoms with Gasteiger partial charge in [-0.2, -0.15) is 0 Å². The molecule has 8 heteroatoms. The van der Waals surface area contributed by atoms with Gasteiger partial charge in [-0.1, -0.05) is 32.0 Å². The van der Waals surface area contributed by atoms with Gasteiger partial charge in [0.25, 0.3) is 0 Å². The first-order chi connectivity index (χ1) is 14.5. The largest absolute Gasteiger partial charge is 0.379 e. The lowest BCUT2D eigenvalue weighted by Crippen LogP contribution is -2.52. The summed E-state index contributed by atoms with van der Waals surface area (Å²) in [4.78, 5) is 21.8. The smallest absolute Gasteiger partial charge is 0.243 e. The van der Waals surface area contributed by atoms with Crippen LogP contribution in [0.5, 0.6) is 0 Å². The van der Waals surface area contributed by atoms with Crippen molar-refractivity contribution in [3.05, 3.63) is 30.3 Å². The fourth-order valence-corrected chi connectivity index (χ4v) is 4.00. The normalized spacial score (nSPS) is 16.4. The number of thioether (sulfide) groups is 1. The molecule has 1 aliphatic rings. The molecule has 0 saturated carbocycles. The van der Waals surface area contributed by atoms with Crippen molar-refractivity contribution in [3.63, 3.8) is 0 Å². The van der Waals surface area contributed by atoms with Gasteiger partial charge < -0.3 is 20.3 Å². The van der Waals surface area contributed by atoms with Crippen molar-refractivity contribution in [2.45, 2.75) is 24.8 Å². The van der Waals surface area contributed by atoms with Crippen LogP contribution in [0.4, 0.5) is 0 Å². The summed E-state index contributed by atoms with van der Waals surface area (Å²) in [6, 6.07) is 10.7. The second kappa shape index (κ2) is 13.5. The highest BCUT2D eigenvalue weighted by Gasteiger charge is 2.24. The summed E-state index contributed by atoms with van der Waals surface area (Å²) in [6.07, 6.45) is 0. The Morgan fingerprint density at radius 2 is 1.90 bits per heavy atom. The Hall–Kier alpha value is -1.77. The first-order valence-electron chi connectivity index (χ1n) is 10.7. The molecule has 1 aromatic rings. The predicted octanol–water partition coefficient (Wildman–Crippen LogP) is 1.76. The Kier molecular flexibility index (Phi) is 11.0. The molecule has 1 fully saturated rings. The number of guanidine groups is 1. The van der Waals surface area contributed by atoms with E-state index in [2.05, 4.69) is 58.6 Å². The molecule has 2 N–H and O–H groups in total. The Morgan fingerprint density at radius 3 is 2.53 bits per heavy atom. The van der Waals surface area contributed by atoms with E-state index in [9.17, 15) is 4.79 Å². The molecule has 0 bridgehead atoms. The van der Waals surface area contributed by atoms with E-state index in [0.717, 1.165) is 45.1 Å². The summed E-state index contributed by atoms with van der Waals surface area (Å²) in [5.41, 5.74) is 0. The molecule has 1 amide bonds. The number of hydrogen-bond acceptors (Lipinski definition) is 5. The molecule has 1 aliphatic heterocycles. The number of amides is 1. The molecule has 0 spiro atoms. The molecule has 7 nitrogen and oxygen atoms in total. The maximum atomic E-state index is 12.0. The van der Waals surface area contributed by atoms with Gasteiger partial charge in [0.1, 0.15) is 6.54 Å². The number of carbonyl (C=O) groups is 1. The number of hydrogen-bond donors (Lipinski definition) is 2. The van der Waals surface area contributed by atoms with Gasteiger partial charge in [0.2, 0.25) is 5.91 Å². The summed E-state index contributed by atoms with van der Waals surface area (Å²) in [5.74, 6) is 2.11. The number of aliphatic imine (C=N–C) groups is 1. The Bertz CT molecular complexity index is 648. The maximum absolute atomic E-state index is 12.0. The number of rotatable bonds is 10. The van der Waals surface area contributed by atoms with Crippen LogP contribution in [-0.4, -0.2) is 93.5 Å². The number of morpholine rings is 1. The molecule has 168 valence electrons. The number of ether oxygens (including phenoxy) is 1. The molecule has 0 radical (unpaired) electrons. The summed E-state index contributed by atoms with van der Waals surface area (Å²) in [7, 11) is 3.50. The quantitative estimate of drug-likeness (QED) is 0.253. The lowest BCUT2D eigenvalue weighted by molar-refractivity contribution is -0.127. The van der Waals surface area contributed by atoms with Gasteiger partial charge in [-0.15, -0.1) is 11.8 Å². The van der Waals surface area contributed by atoms with Crippen LogP contribution in [0.15, 0.2) is 40.2 Å². The Morgan fingerprint density at radius 1 is 1.20 bits per heavy atom. The molecule has 2 rings (SSSR count). The average molecular weight is 436 g/mol. The molecule has 1 unspecified atom stereocenters. The number of benzene rings is 1. The van der Waals surface area contributed by atoms with Crippen LogP contribution in [0.2, 0.25) is 0 Å². The summed E-state index contributed by atoms with van der Waals surface area (Å²) < 4.78 is 5.50. The fraction of sp³-hybridized carbons (Fsp3) is 0.636. The number of nitrogens with zero attached hydrogens (tertiary/aromatic N) is 3. The third kappa shape index (κ3) is 8.93. The number of carbonyl (C=O) groups excluding carboxylic acids is 1. The van der Waals surface area contributed by atoms with Crippen molar-refractivity contribution in [3.8, 4) is 0 Å². The van der Waals surface area contributed by atoms with Crippen molar-refractivity contribution in [1.82, 2.24) is 20.4 Å². The molecule has 1 atom stereocenters. The van der Waals surface area contributed by atoms with Crippen molar-refractivity contribution in [2.24, 2.45) is 10.9 Å². The molecule has 0 aliphatic carbocycles. The first-order valence-corrected chi connectivity index (χ1v) is 11.7. The highest BCUT2D eigenvalue weighted by molar-refractivity contribution is 7.99. The third-order valence-corrected chi connectivity index (χ3v) is 6.05. The fourth-order valence-electron chi connectivity index (χ4n) is 3.21. The zero-order valence-electron chi connectivity index (χ0n) is 18.8. The van der Waals surface area contributed by atoms with Crippen LogP contribution in [0.3, 0.4) is 0 Å². The lowest BCUT2D eigenvalue weighted by atomic mass is 10.0. The second-order valence-electron chi connectivity index (χ2n) is 7.88. The van der Waals surface area contributed by atoms with E-state index < -0.39 is 0 Å². The van der Waals surface area contributed by atoms with Crippen molar-refractivity contribution < 1.29 is 9.53 Å². The number of nitrogens with one attached hydrogen (secondary N) is 2. The zero-order chi connectivity index (χ0) is 21.8. The topological polar surface area (TPSA) is 69.2 Å². The molecule has 1 saturated heterocycles. The molecular formula is C22H37N5O2S. The molecule has 1 heterocycles. The van der Waals surface area contributed by atoms with Crippen LogP contribution < -0.4 is 10.6 Å². The Balaban J connectivity index is 1.90. The first kappa shape index (κ1) is 24.5. The third-order valence-electron chi connectivity index (χ3n) is 5.04. The van der Waals surface area contributed by atoms with Crippen LogP contribution in [0, 0.1) is 5.92 Å². The monoisotopic (exact) mass is 435 g/mol. The maximum Gasteiger partial charge on any atom is 0.243 e. The minimum atomic E-state index is -0.0108. The Labute approximate surface area is 185 Å². The van der Waals surface area contributed by atoms with E-state index in [0.29, 0.717) is 17.9 Å². The van der Waals surface area contributed by atoms with Crippen molar-refractivity contribution in [2.75, 3.05) is 65.8 Å². The van der Waals surface area contributed by atoms with Gasteiger partial charge in [0.15, 0.2) is 5.96 Å². The van der Waals surface area contributed by atoms with Gasteiger partial charge in [-0.05, 0) is 18.1 Å². The highest BCUT2D eigenvalue weighted by Crippen LogP contribution is 2.15. The minimum Gasteiger partial charge on any atom is -0.379 e. The second-order valence-corrected chi connectivity index (χ2v) is 9.05. The number of likely N-dealkylation sites (N-methyl/N-ethyl adjacent to an activating group) is 1. The van der Waals surface area contributed by atoms with Crippen molar-refractivity contribution in [1.29, 1.82) is 0 Å². The predicted molar refractivity (Wildman–Crippen MR) is 125 cm³/mol. The van der Waals surface area contributed by atoms with Crippen molar-refractivity contribution >= 4 is 23.6 Å². The SMILES string of the molecule is CC(C)C(CNC(=NCC(=O)N(C)C)NCCSc1ccccc1)N1CCOCC1. The van der Waals surface area contributed by atoms with Gasteiger partial charge in [-0.25, -0.2) is 4.99 Å². The van der Waals surface area contributed by atoms with Gasteiger partial charge >= 0.3 is 0 Å². The minimum absolute atomic E-state index is 0.0108. The zero-order valence-corrected chi connectivity index (χ0v) is 19.6. The van der Waals surface area contributed by atoms with Crippen LogP contribution in [-0.2, 0) is 9.53 Å². The summed E-state index contributed by atoms with van der Waals surface area (Å²) >= 11 is 1.80. The average Bonchev–Trinajstić information content (AvgIpc) is 2.75. The van der Waals surface area contributed by atoms with E-state index in [1.165, 1.54) is 4.90 Å². The van der Waals surface area contributed by atoms with E-state index in [-0.39, 0.29) is 12.5 Å². The van der Waals surface area contributed by atoms with E-state index in [4.69, 9.17) is 4.74 Å². The molecule has 30 heavy (non-hydrogen) atoms. The van der Waals surface area contributed by atoms with Crippen LogP contribution >= 0.6 is 11.8 Å². The standard InChI is InChI=1S/C22H37N5O2S/c1-18(2)20(27-11-13-29-14-12-27)16-24-22(25-17-21(28)26(3)4)23-10-15-30-19-8-6-5-7-9-19/h5-9,18,20H,10-17H2,1-4H3,(H2,23,24,25). The van der Waals surface area contributed by atoms with Crippen LogP contribution in [0.25, 0.3) is 0 Å². The lowest BCUT2D eigenvalue weighted by Gasteiger charge is -2.37. The van der Waals surface area contributed by atoms with Crippen LogP contribution in [0.1, 0.15) is 13.8 Å². The van der Waals surface area contributed by atoms with Gasteiger partial charge in [0.05, 0.1) is 13.2 Å². The van der Waals surface area contributed by atoms with E-state index in [1.807, 2.05) is 6.07 Å². The van der Waals surface area contributed by atoms with E-state index >= 15 is 0 Å². The highest BCUT2D eigenvalue weighted by atomic mass is 32.2. The summed E-state index contributed by atoms with van der Waals surface area (Å²) in [6.45, 7) is 9.67. The molecule has 0 aromatic heterocycles. The summed E-state index contributed by atoms with van der Waals surface area (Å²) in [5, 5.41) is 6.85. The molecular weight excluding hydrogens is 398 g/mol. The van der Waals surface area contributed by atoms with Gasteiger partial charge in [0, 0.05) is 57.0 Å².